The molecule has 4 heteroatoms. The van der Waals surface area contributed by atoms with Gasteiger partial charge in [-0.15, -0.1) is 0 Å². The van der Waals surface area contributed by atoms with Crippen LogP contribution in [0.4, 0.5) is 5.69 Å². The lowest BCUT2D eigenvalue weighted by Crippen LogP contribution is -2.37. The second-order valence-electron chi connectivity index (χ2n) is 4.45. The Hall–Kier alpha value is -0.800. The van der Waals surface area contributed by atoms with Crippen molar-refractivity contribution in [2.24, 2.45) is 0 Å². The van der Waals surface area contributed by atoms with Gasteiger partial charge in [0, 0.05) is 31.0 Å². The number of pyridine rings is 1. The van der Waals surface area contributed by atoms with Crippen molar-refractivity contribution in [3.05, 3.63) is 23.5 Å². The predicted octanol–water partition coefficient (Wildman–Crippen LogP) is 2.66. The zero-order valence-corrected chi connectivity index (χ0v) is 11.3. The van der Waals surface area contributed by atoms with Crippen molar-refractivity contribution >= 4 is 17.3 Å². The molecule has 1 aromatic rings. The molecule has 0 aliphatic carbocycles. The van der Waals surface area contributed by atoms with Crippen LogP contribution in [0.25, 0.3) is 0 Å². The van der Waals surface area contributed by atoms with E-state index in [9.17, 15) is 0 Å². The normalized spacial score (nSPS) is 20.2. The smallest absolute Gasteiger partial charge is 0.131 e. The third kappa shape index (κ3) is 2.90. The Morgan fingerprint density at radius 1 is 1.47 bits per heavy atom. The van der Waals surface area contributed by atoms with Crippen molar-refractivity contribution in [1.29, 1.82) is 0 Å². The molecule has 0 spiro atoms. The molecule has 0 aromatic carbocycles. The quantitative estimate of drug-likeness (QED) is 0.769. The number of halogens is 1. The summed E-state index contributed by atoms with van der Waals surface area (Å²) in [6.45, 7) is 8.94. The monoisotopic (exact) mass is 253 g/mol. The SMILES string of the molecule is CCN(CC)C1CCN(c2ccnc(Cl)c2)C1. The van der Waals surface area contributed by atoms with Crippen LogP contribution in [-0.2, 0) is 0 Å². The van der Waals surface area contributed by atoms with Crippen LogP contribution in [0.15, 0.2) is 18.3 Å². The number of hydrogen-bond donors (Lipinski definition) is 0. The van der Waals surface area contributed by atoms with E-state index < -0.39 is 0 Å². The molecular formula is C13H20ClN3. The van der Waals surface area contributed by atoms with Crippen molar-refractivity contribution in [2.75, 3.05) is 31.1 Å². The summed E-state index contributed by atoms with van der Waals surface area (Å²) < 4.78 is 0. The number of anilines is 1. The molecule has 1 aliphatic heterocycles. The summed E-state index contributed by atoms with van der Waals surface area (Å²) in [7, 11) is 0. The van der Waals surface area contributed by atoms with Gasteiger partial charge in [-0.1, -0.05) is 25.4 Å². The lowest BCUT2D eigenvalue weighted by atomic mass is 10.2. The van der Waals surface area contributed by atoms with Crippen LogP contribution in [-0.4, -0.2) is 42.1 Å². The highest BCUT2D eigenvalue weighted by atomic mass is 35.5. The van der Waals surface area contributed by atoms with Crippen LogP contribution >= 0.6 is 11.6 Å². The largest absolute Gasteiger partial charge is 0.370 e. The molecule has 3 nitrogen and oxygen atoms in total. The average molecular weight is 254 g/mol. The Balaban J connectivity index is 2.02. The topological polar surface area (TPSA) is 19.4 Å². The molecular weight excluding hydrogens is 234 g/mol. The Labute approximate surface area is 108 Å². The molecule has 1 aliphatic rings. The second kappa shape index (κ2) is 5.69. The number of likely N-dealkylation sites (N-methyl/N-ethyl adjacent to an activating group) is 1. The minimum atomic E-state index is 0.578. The third-order valence-corrected chi connectivity index (χ3v) is 3.77. The van der Waals surface area contributed by atoms with Crippen molar-refractivity contribution < 1.29 is 0 Å². The number of hydrogen-bond acceptors (Lipinski definition) is 3. The highest BCUT2D eigenvalue weighted by Crippen LogP contribution is 2.24. The summed E-state index contributed by atoms with van der Waals surface area (Å²) in [6, 6.07) is 4.67. The molecule has 0 amide bonds. The van der Waals surface area contributed by atoms with Gasteiger partial charge in [-0.25, -0.2) is 4.98 Å². The molecule has 1 aromatic heterocycles. The first-order chi connectivity index (χ1) is 8.24. The Kier molecular flexibility index (Phi) is 4.24. The summed E-state index contributed by atoms with van der Waals surface area (Å²) >= 11 is 5.93. The van der Waals surface area contributed by atoms with Gasteiger partial charge in [0.2, 0.25) is 0 Å². The predicted molar refractivity (Wildman–Crippen MR) is 72.8 cm³/mol. The first-order valence-electron chi connectivity index (χ1n) is 6.35. The highest BCUT2D eigenvalue weighted by molar-refractivity contribution is 6.29. The van der Waals surface area contributed by atoms with Gasteiger partial charge in [0.15, 0.2) is 0 Å². The van der Waals surface area contributed by atoms with Crippen molar-refractivity contribution in [3.63, 3.8) is 0 Å². The molecule has 17 heavy (non-hydrogen) atoms. The van der Waals surface area contributed by atoms with Gasteiger partial charge in [0.1, 0.15) is 5.15 Å². The fourth-order valence-electron chi connectivity index (χ4n) is 2.60. The van der Waals surface area contributed by atoms with Crippen LogP contribution in [0.3, 0.4) is 0 Å². The van der Waals surface area contributed by atoms with Crippen LogP contribution in [0.2, 0.25) is 5.15 Å². The molecule has 1 saturated heterocycles. The molecule has 0 radical (unpaired) electrons. The first-order valence-corrected chi connectivity index (χ1v) is 6.73. The Bertz CT molecular complexity index is 365. The average Bonchev–Trinajstić information content (AvgIpc) is 2.80. The van der Waals surface area contributed by atoms with Crippen LogP contribution in [0, 0.1) is 0 Å². The van der Waals surface area contributed by atoms with Gasteiger partial charge in [-0.3, -0.25) is 4.90 Å². The maximum Gasteiger partial charge on any atom is 0.131 e. The lowest BCUT2D eigenvalue weighted by molar-refractivity contribution is 0.232. The summed E-state index contributed by atoms with van der Waals surface area (Å²) in [5.41, 5.74) is 1.19. The van der Waals surface area contributed by atoms with Crippen LogP contribution in [0.5, 0.6) is 0 Å². The minimum absolute atomic E-state index is 0.578. The van der Waals surface area contributed by atoms with E-state index in [1.807, 2.05) is 12.1 Å². The maximum absolute atomic E-state index is 5.93. The van der Waals surface area contributed by atoms with E-state index in [1.54, 1.807) is 6.20 Å². The van der Waals surface area contributed by atoms with Gasteiger partial charge in [-0.05, 0) is 31.6 Å². The number of nitrogens with zero attached hydrogens (tertiary/aromatic N) is 3. The Morgan fingerprint density at radius 2 is 2.24 bits per heavy atom. The Morgan fingerprint density at radius 3 is 2.88 bits per heavy atom. The molecule has 0 saturated carbocycles. The van der Waals surface area contributed by atoms with E-state index in [1.165, 1.54) is 12.1 Å². The molecule has 1 fully saturated rings. The number of aromatic nitrogens is 1. The van der Waals surface area contributed by atoms with Gasteiger partial charge in [0.05, 0.1) is 0 Å². The van der Waals surface area contributed by atoms with E-state index in [2.05, 4.69) is 28.6 Å². The first kappa shape index (κ1) is 12.7. The van der Waals surface area contributed by atoms with Gasteiger partial charge in [-0.2, -0.15) is 0 Å². The zero-order chi connectivity index (χ0) is 12.3. The van der Waals surface area contributed by atoms with Crippen LogP contribution in [0.1, 0.15) is 20.3 Å². The molecule has 1 atom stereocenters. The third-order valence-electron chi connectivity index (χ3n) is 3.57. The fraction of sp³-hybridized carbons (Fsp3) is 0.615. The van der Waals surface area contributed by atoms with E-state index in [-0.39, 0.29) is 0 Å². The summed E-state index contributed by atoms with van der Waals surface area (Å²) in [6.07, 6.45) is 3.02. The van der Waals surface area contributed by atoms with Crippen molar-refractivity contribution in [2.45, 2.75) is 26.3 Å². The fourth-order valence-corrected chi connectivity index (χ4v) is 2.77. The standard InChI is InChI=1S/C13H20ClN3/c1-3-16(4-2)12-6-8-17(10-12)11-5-7-15-13(14)9-11/h5,7,9,12H,3-4,6,8,10H2,1-2H3. The van der Waals surface area contributed by atoms with Gasteiger partial charge in [0.25, 0.3) is 0 Å². The summed E-state index contributed by atoms with van der Waals surface area (Å²) in [4.78, 5) is 8.96. The van der Waals surface area contributed by atoms with Crippen molar-refractivity contribution in [1.82, 2.24) is 9.88 Å². The van der Waals surface area contributed by atoms with Crippen molar-refractivity contribution in [3.8, 4) is 0 Å². The molecule has 2 heterocycles. The summed E-state index contributed by atoms with van der Waals surface area (Å²) in [5.74, 6) is 0. The molecule has 0 N–H and O–H groups in total. The van der Waals surface area contributed by atoms with Gasteiger partial charge < -0.3 is 4.90 Å². The summed E-state index contributed by atoms with van der Waals surface area (Å²) in [5, 5.41) is 0.578. The highest BCUT2D eigenvalue weighted by Gasteiger charge is 2.26. The number of rotatable bonds is 4. The second-order valence-corrected chi connectivity index (χ2v) is 4.83. The van der Waals surface area contributed by atoms with Gasteiger partial charge >= 0.3 is 0 Å². The van der Waals surface area contributed by atoms with E-state index in [0.717, 1.165) is 26.2 Å². The maximum atomic E-state index is 5.93. The van der Waals surface area contributed by atoms with Crippen LogP contribution < -0.4 is 4.90 Å². The molecule has 1 unspecified atom stereocenters. The zero-order valence-electron chi connectivity index (χ0n) is 10.6. The lowest BCUT2D eigenvalue weighted by Gasteiger charge is -2.26. The minimum Gasteiger partial charge on any atom is -0.370 e. The molecule has 2 rings (SSSR count). The van der Waals surface area contributed by atoms with E-state index >= 15 is 0 Å². The van der Waals surface area contributed by atoms with E-state index in [0.29, 0.717) is 11.2 Å². The van der Waals surface area contributed by atoms with E-state index in [4.69, 9.17) is 11.6 Å². The molecule has 0 bridgehead atoms. The molecule has 94 valence electrons.